The SMILES string of the molecule is O=C1OC(c2ccc([NH+]([O-])O)cc2)=NC1=Cc1ccccc1. The van der Waals surface area contributed by atoms with Gasteiger partial charge >= 0.3 is 5.97 Å². The minimum atomic E-state index is -1.01. The smallest absolute Gasteiger partial charge is 0.363 e. The first-order valence-corrected chi connectivity index (χ1v) is 6.55. The molecule has 0 radical (unpaired) electrons. The van der Waals surface area contributed by atoms with Crippen molar-refractivity contribution in [3.63, 3.8) is 0 Å². The minimum Gasteiger partial charge on any atom is -0.595 e. The molecule has 22 heavy (non-hydrogen) atoms. The summed E-state index contributed by atoms with van der Waals surface area (Å²) >= 11 is 0. The fourth-order valence-electron chi connectivity index (χ4n) is 2.00. The van der Waals surface area contributed by atoms with Gasteiger partial charge in [-0.15, -0.1) is 0 Å². The molecule has 0 bridgehead atoms. The van der Waals surface area contributed by atoms with Gasteiger partial charge in [0.2, 0.25) is 5.90 Å². The van der Waals surface area contributed by atoms with E-state index in [2.05, 4.69) is 4.99 Å². The lowest BCUT2D eigenvalue weighted by Gasteiger charge is -2.11. The fraction of sp³-hybridized carbons (Fsp3) is 0. The maximum absolute atomic E-state index is 11.8. The van der Waals surface area contributed by atoms with Crippen LogP contribution < -0.4 is 5.23 Å². The van der Waals surface area contributed by atoms with Gasteiger partial charge in [0, 0.05) is 17.7 Å². The van der Waals surface area contributed by atoms with E-state index < -0.39 is 11.2 Å². The Hall–Kier alpha value is -2.80. The lowest BCUT2D eigenvalue weighted by Crippen LogP contribution is -2.99. The Balaban J connectivity index is 1.88. The van der Waals surface area contributed by atoms with E-state index in [0.717, 1.165) is 5.56 Å². The average Bonchev–Trinajstić information content (AvgIpc) is 2.89. The molecule has 0 saturated heterocycles. The summed E-state index contributed by atoms with van der Waals surface area (Å²) in [5, 5.41) is 18.7. The highest BCUT2D eigenvalue weighted by atomic mass is 16.8. The van der Waals surface area contributed by atoms with E-state index >= 15 is 0 Å². The molecule has 0 aliphatic carbocycles. The Morgan fingerprint density at radius 2 is 1.77 bits per heavy atom. The topological polar surface area (TPSA) is 86.4 Å². The van der Waals surface area contributed by atoms with E-state index in [1.54, 1.807) is 18.2 Å². The van der Waals surface area contributed by atoms with Crippen LogP contribution in [0, 0.1) is 5.21 Å². The van der Waals surface area contributed by atoms with Crippen LogP contribution in [0.15, 0.2) is 65.3 Å². The van der Waals surface area contributed by atoms with Gasteiger partial charge in [-0.1, -0.05) is 30.3 Å². The Morgan fingerprint density at radius 3 is 2.41 bits per heavy atom. The van der Waals surface area contributed by atoms with Crippen LogP contribution in [0.4, 0.5) is 5.69 Å². The highest BCUT2D eigenvalue weighted by Gasteiger charge is 2.24. The van der Waals surface area contributed by atoms with Crippen LogP contribution in [0.3, 0.4) is 0 Å². The van der Waals surface area contributed by atoms with Crippen LogP contribution in [0.5, 0.6) is 0 Å². The number of nitrogens with one attached hydrogen (secondary N) is 1. The van der Waals surface area contributed by atoms with Gasteiger partial charge in [0.15, 0.2) is 11.4 Å². The number of cyclic esters (lactones) is 1. The summed E-state index contributed by atoms with van der Waals surface area (Å²) in [5.41, 5.74) is 1.77. The molecule has 1 heterocycles. The van der Waals surface area contributed by atoms with Gasteiger partial charge in [0.1, 0.15) is 0 Å². The number of aliphatic imine (C=N–C) groups is 1. The molecule has 0 saturated carbocycles. The van der Waals surface area contributed by atoms with Gasteiger partial charge in [-0.25, -0.2) is 15.0 Å². The van der Waals surface area contributed by atoms with Crippen molar-refractivity contribution in [2.45, 2.75) is 0 Å². The Kier molecular flexibility index (Phi) is 3.80. The van der Waals surface area contributed by atoms with Crippen molar-refractivity contribution >= 4 is 23.6 Å². The molecule has 3 rings (SSSR count). The molecule has 1 atom stereocenters. The number of nitrogens with zero attached hydrogens (tertiary/aromatic N) is 1. The number of rotatable bonds is 3. The van der Waals surface area contributed by atoms with Crippen molar-refractivity contribution in [3.05, 3.63) is 76.6 Å². The summed E-state index contributed by atoms with van der Waals surface area (Å²) in [4.78, 5) is 16.0. The Morgan fingerprint density at radius 1 is 1.09 bits per heavy atom. The lowest BCUT2D eigenvalue weighted by atomic mass is 10.2. The molecule has 0 aromatic heterocycles. The van der Waals surface area contributed by atoms with E-state index in [0.29, 0.717) is 5.56 Å². The van der Waals surface area contributed by atoms with Crippen LogP contribution in [-0.2, 0) is 9.53 Å². The predicted octanol–water partition coefficient (Wildman–Crippen LogP) is 1.43. The van der Waals surface area contributed by atoms with Gasteiger partial charge in [0.05, 0.1) is 0 Å². The molecule has 1 unspecified atom stereocenters. The molecular formula is C16H12N2O4. The summed E-state index contributed by atoms with van der Waals surface area (Å²) in [6, 6.07) is 15.3. The zero-order chi connectivity index (χ0) is 15.5. The quantitative estimate of drug-likeness (QED) is 0.510. The third kappa shape index (κ3) is 2.94. The first-order chi connectivity index (χ1) is 10.6. The summed E-state index contributed by atoms with van der Waals surface area (Å²) < 4.78 is 5.13. The number of carbonyl (C=O) groups is 1. The molecule has 6 nitrogen and oxygen atoms in total. The van der Waals surface area contributed by atoms with Crippen molar-refractivity contribution in [2.75, 3.05) is 0 Å². The molecule has 6 heteroatoms. The number of benzene rings is 2. The molecule has 0 spiro atoms. The van der Waals surface area contributed by atoms with Crippen molar-refractivity contribution in [1.29, 1.82) is 0 Å². The number of carbonyl (C=O) groups excluding carboxylic acids is 1. The summed E-state index contributed by atoms with van der Waals surface area (Å²) in [7, 11) is 0. The molecule has 0 amide bonds. The number of hydrogen-bond donors (Lipinski definition) is 2. The number of hydrogen-bond acceptors (Lipinski definition) is 5. The van der Waals surface area contributed by atoms with Crippen LogP contribution in [0.1, 0.15) is 11.1 Å². The summed E-state index contributed by atoms with van der Waals surface area (Å²) in [5.74, 6) is -0.356. The van der Waals surface area contributed by atoms with E-state index in [1.807, 2.05) is 30.3 Å². The third-order valence-corrected chi connectivity index (χ3v) is 3.10. The number of ether oxygens (including phenoxy) is 1. The minimum absolute atomic E-state index is 0.161. The standard InChI is InChI=1S/C16H12N2O4/c19-16-14(10-11-4-2-1-3-5-11)17-15(22-16)12-6-8-13(9-7-12)18(20)21/h1-10,18,20H. The molecule has 1 aliphatic rings. The van der Waals surface area contributed by atoms with Gasteiger partial charge in [0.25, 0.3) is 0 Å². The second-order valence-corrected chi connectivity index (χ2v) is 4.63. The predicted molar refractivity (Wildman–Crippen MR) is 79.3 cm³/mol. The van der Waals surface area contributed by atoms with E-state index in [1.165, 1.54) is 12.1 Å². The zero-order valence-electron chi connectivity index (χ0n) is 11.4. The van der Waals surface area contributed by atoms with Crippen LogP contribution in [0.25, 0.3) is 6.08 Å². The first-order valence-electron chi connectivity index (χ1n) is 6.55. The van der Waals surface area contributed by atoms with Crippen molar-refractivity contribution in [2.24, 2.45) is 4.99 Å². The molecule has 110 valence electrons. The molecule has 1 aliphatic heterocycles. The van der Waals surface area contributed by atoms with E-state index in [-0.39, 0.29) is 17.3 Å². The van der Waals surface area contributed by atoms with Gasteiger partial charge < -0.3 is 9.94 Å². The van der Waals surface area contributed by atoms with E-state index in [4.69, 9.17) is 9.94 Å². The highest BCUT2D eigenvalue weighted by Crippen LogP contribution is 2.19. The maximum Gasteiger partial charge on any atom is 0.363 e. The third-order valence-electron chi connectivity index (χ3n) is 3.10. The molecular weight excluding hydrogens is 284 g/mol. The Bertz CT molecular complexity index is 749. The van der Waals surface area contributed by atoms with Gasteiger partial charge in [-0.05, 0) is 23.8 Å². The second-order valence-electron chi connectivity index (χ2n) is 4.63. The number of esters is 1. The normalized spacial score (nSPS) is 17.3. The molecule has 2 aromatic rings. The second kappa shape index (κ2) is 5.90. The Labute approximate surface area is 126 Å². The van der Waals surface area contributed by atoms with E-state index in [9.17, 15) is 10.0 Å². The van der Waals surface area contributed by atoms with Crippen molar-refractivity contribution < 1.29 is 20.0 Å². The van der Waals surface area contributed by atoms with Crippen LogP contribution in [0.2, 0.25) is 0 Å². The number of quaternary nitrogens is 1. The molecule has 0 fully saturated rings. The zero-order valence-corrected chi connectivity index (χ0v) is 11.4. The van der Waals surface area contributed by atoms with Gasteiger partial charge in [-0.3, -0.25) is 0 Å². The monoisotopic (exact) mass is 296 g/mol. The fourth-order valence-corrected chi connectivity index (χ4v) is 2.00. The van der Waals surface area contributed by atoms with Crippen LogP contribution in [-0.4, -0.2) is 17.1 Å². The lowest BCUT2D eigenvalue weighted by molar-refractivity contribution is -0.991. The average molecular weight is 296 g/mol. The van der Waals surface area contributed by atoms with Gasteiger partial charge in [-0.2, -0.15) is 5.23 Å². The largest absolute Gasteiger partial charge is 0.595 e. The van der Waals surface area contributed by atoms with Crippen LogP contribution >= 0.6 is 0 Å². The highest BCUT2D eigenvalue weighted by molar-refractivity contribution is 6.12. The summed E-state index contributed by atoms with van der Waals surface area (Å²) in [6.45, 7) is 0. The maximum atomic E-state index is 11.8. The molecule has 2 aromatic carbocycles. The first kappa shape index (κ1) is 14.2. The van der Waals surface area contributed by atoms with Crippen molar-refractivity contribution in [3.8, 4) is 0 Å². The van der Waals surface area contributed by atoms with Crippen molar-refractivity contribution in [1.82, 2.24) is 0 Å². The summed E-state index contributed by atoms with van der Waals surface area (Å²) in [6.07, 6.45) is 1.64. The molecule has 2 N–H and O–H groups in total.